The van der Waals surface area contributed by atoms with Gasteiger partial charge in [0, 0.05) is 23.1 Å². The van der Waals surface area contributed by atoms with Crippen molar-refractivity contribution in [1.29, 1.82) is 0 Å². The van der Waals surface area contributed by atoms with E-state index >= 15 is 0 Å². The topological polar surface area (TPSA) is 66.9 Å². The zero-order chi connectivity index (χ0) is 20.4. The van der Waals surface area contributed by atoms with E-state index in [4.69, 9.17) is 0 Å². The minimum atomic E-state index is -0.985. The summed E-state index contributed by atoms with van der Waals surface area (Å²) in [6, 6.07) is 8.91. The molecule has 144 valence electrons. The molecule has 0 aliphatic heterocycles. The Kier molecular flexibility index (Phi) is 5.35. The third kappa shape index (κ3) is 4.31. The Hall–Kier alpha value is -3.35. The third-order valence-corrected chi connectivity index (χ3v) is 4.18. The predicted octanol–water partition coefficient (Wildman–Crippen LogP) is 4.98. The first-order chi connectivity index (χ1) is 13.2. The summed E-state index contributed by atoms with van der Waals surface area (Å²) in [5, 5.41) is 5.68. The lowest BCUT2D eigenvalue weighted by molar-refractivity contribution is 0.102. The van der Waals surface area contributed by atoms with Gasteiger partial charge in [0.2, 0.25) is 5.95 Å². The molecule has 3 aromatic rings. The molecule has 0 saturated heterocycles. The first kappa shape index (κ1) is 19.4. The molecule has 2 aromatic carbocycles. The summed E-state index contributed by atoms with van der Waals surface area (Å²) in [7, 11) is 0. The monoisotopic (exact) mass is 382 g/mol. The lowest BCUT2D eigenvalue weighted by Gasteiger charge is -2.13. The minimum absolute atomic E-state index is 0.119. The molecule has 0 radical (unpaired) electrons. The Morgan fingerprint density at radius 3 is 2.21 bits per heavy atom. The van der Waals surface area contributed by atoms with Crippen molar-refractivity contribution in [1.82, 2.24) is 9.97 Å². The predicted molar refractivity (Wildman–Crippen MR) is 105 cm³/mol. The molecule has 5 nitrogen and oxygen atoms in total. The first-order valence-electron chi connectivity index (χ1n) is 8.70. The number of hydrogen-bond acceptors (Lipinski definition) is 4. The van der Waals surface area contributed by atoms with Gasteiger partial charge in [0.05, 0.1) is 0 Å². The van der Waals surface area contributed by atoms with E-state index in [9.17, 15) is 13.6 Å². The van der Waals surface area contributed by atoms with Gasteiger partial charge in [-0.05, 0) is 57.0 Å². The molecular formula is C21H20F2N4O. The molecule has 1 heterocycles. The number of aromatic nitrogens is 2. The molecule has 0 fully saturated rings. The largest absolute Gasteiger partial charge is 0.324 e. The van der Waals surface area contributed by atoms with Crippen LogP contribution in [0.3, 0.4) is 0 Å². The van der Waals surface area contributed by atoms with E-state index in [0.717, 1.165) is 34.5 Å². The molecule has 0 spiro atoms. The smallest absolute Gasteiger partial charge is 0.274 e. The van der Waals surface area contributed by atoms with Gasteiger partial charge in [-0.1, -0.05) is 17.7 Å². The Morgan fingerprint density at radius 2 is 1.57 bits per heavy atom. The highest BCUT2D eigenvalue weighted by atomic mass is 19.2. The third-order valence-electron chi connectivity index (χ3n) is 4.18. The van der Waals surface area contributed by atoms with E-state index in [1.165, 1.54) is 6.07 Å². The number of nitrogens with one attached hydrogen (secondary N) is 2. The molecule has 28 heavy (non-hydrogen) atoms. The van der Waals surface area contributed by atoms with E-state index in [2.05, 4.69) is 20.6 Å². The summed E-state index contributed by atoms with van der Waals surface area (Å²) in [5.41, 5.74) is 4.76. The second-order valence-electron chi connectivity index (χ2n) is 6.70. The highest BCUT2D eigenvalue weighted by Gasteiger charge is 2.14. The van der Waals surface area contributed by atoms with Crippen LogP contribution in [0.5, 0.6) is 0 Å². The van der Waals surface area contributed by atoms with Crippen molar-refractivity contribution in [3.63, 3.8) is 0 Å². The van der Waals surface area contributed by atoms with Crippen molar-refractivity contribution in [3.05, 3.63) is 76.1 Å². The van der Waals surface area contributed by atoms with Crippen LogP contribution in [0.1, 0.15) is 32.9 Å². The summed E-state index contributed by atoms with van der Waals surface area (Å²) >= 11 is 0. The average molecular weight is 382 g/mol. The summed E-state index contributed by atoms with van der Waals surface area (Å²) in [5.74, 6) is -2.19. The maximum Gasteiger partial charge on any atom is 0.274 e. The van der Waals surface area contributed by atoms with Crippen LogP contribution in [0.25, 0.3) is 0 Å². The summed E-state index contributed by atoms with van der Waals surface area (Å²) in [6.45, 7) is 7.57. The van der Waals surface area contributed by atoms with E-state index in [1.807, 2.05) is 32.9 Å². The van der Waals surface area contributed by atoms with Gasteiger partial charge in [0.1, 0.15) is 5.69 Å². The van der Waals surface area contributed by atoms with Crippen LogP contribution in [0, 0.1) is 39.3 Å². The molecule has 3 rings (SSSR count). The van der Waals surface area contributed by atoms with Crippen LogP contribution in [0.4, 0.5) is 26.1 Å². The minimum Gasteiger partial charge on any atom is -0.324 e. The van der Waals surface area contributed by atoms with Crippen LogP contribution >= 0.6 is 0 Å². The number of carbonyl (C=O) groups is 1. The van der Waals surface area contributed by atoms with Crippen LogP contribution in [0.2, 0.25) is 0 Å². The van der Waals surface area contributed by atoms with Crippen LogP contribution in [-0.2, 0) is 0 Å². The molecule has 0 saturated carbocycles. The van der Waals surface area contributed by atoms with E-state index < -0.39 is 11.6 Å². The Morgan fingerprint density at radius 1 is 0.893 bits per heavy atom. The van der Waals surface area contributed by atoms with E-state index in [-0.39, 0.29) is 23.2 Å². The number of benzene rings is 2. The maximum absolute atomic E-state index is 13.4. The zero-order valence-electron chi connectivity index (χ0n) is 16.0. The van der Waals surface area contributed by atoms with Crippen LogP contribution in [0.15, 0.2) is 36.4 Å². The van der Waals surface area contributed by atoms with Gasteiger partial charge in [-0.2, -0.15) is 0 Å². The lowest BCUT2D eigenvalue weighted by Crippen LogP contribution is -2.17. The fourth-order valence-corrected chi connectivity index (χ4v) is 3.00. The number of nitrogens with zero attached hydrogens (tertiary/aromatic N) is 2. The summed E-state index contributed by atoms with van der Waals surface area (Å²) in [6.07, 6.45) is 0. The number of amides is 1. The van der Waals surface area contributed by atoms with Gasteiger partial charge < -0.3 is 10.6 Å². The Bertz CT molecular complexity index is 1040. The molecular weight excluding hydrogens is 362 g/mol. The van der Waals surface area contributed by atoms with Gasteiger partial charge >= 0.3 is 0 Å². The molecule has 7 heteroatoms. The standard InChI is InChI=1S/C21H20F2N4O/c1-11-7-12(2)19(13(3)8-11)27-20(28)18-9-14(4)24-21(26-18)25-15-5-6-16(22)17(23)10-15/h5-10H,1-4H3,(H,27,28)(H,24,25,26). The van der Waals surface area contributed by atoms with Crippen molar-refractivity contribution in [2.45, 2.75) is 27.7 Å². The van der Waals surface area contributed by atoms with Crippen LogP contribution < -0.4 is 10.6 Å². The van der Waals surface area contributed by atoms with E-state index in [0.29, 0.717) is 5.69 Å². The fraction of sp³-hybridized carbons (Fsp3) is 0.190. The fourth-order valence-electron chi connectivity index (χ4n) is 3.00. The molecule has 0 atom stereocenters. The van der Waals surface area contributed by atoms with Crippen molar-refractivity contribution in [2.75, 3.05) is 10.6 Å². The van der Waals surface area contributed by atoms with Crippen molar-refractivity contribution in [3.8, 4) is 0 Å². The van der Waals surface area contributed by atoms with Crippen molar-refractivity contribution in [2.24, 2.45) is 0 Å². The molecule has 0 aliphatic rings. The number of carbonyl (C=O) groups excluding carboxylic acids is 1. The van der Waals surface area contributed by atoms with Crippen molar-refractivity contribution >= 4 is 23.2 Å². The second kappa shape index (κ2) is 7.72. The number of rotatable bonds is 4. The molecule has 0 bridgehead atoms. The van der Waals surface area contributed by atoms with Gasteiger partial charge in [-0.3, -0.25) is 4.79 Å². The SMILES string of the molecule is Cc1cc(C)c(NC(=O)c2cc(C)nc(Nc3ccc(F)c(F)c3)n2)c(C)c1. The summed E-state index contributed by atoms with van der Waals surface area (Å²) in [4.78, 5) is 21.1. The molecule has 2 N–H and O–H groups in total. The summed E-state index contributed by atoms with van der Waals surface area (Å²) < 4.78 is 26.5. The quantitative estimate of drug-likeness (QED) is 0.668. The van der Waals surface area contributed by atoms with E-state index in [1.54, 1.807) is 13.0 Å². The molecule has 1 amide bonds. The van der Waals surface area contributed by atoms with Gasteiger partial charge in [-0.25, -0.2) is 18.7 Å². The lowest BCUT2D eigenvalue weighted by atomic mass is 10.0. The van der Waals surface area contributed by atoms with Crippen LogP contribution in [-0.4, -0.2) is 15.9 Å². The van der Waals surface area contributed by atoms with Crippen molar-refractivity contribution < 1.29 is 13.6 Å². The second-order valence-corrected chi connectivity index (χ2v) is 6.70. The number of halogens is 2. The Balaban J connectivity index is 1.86. The zero-order valence-corrected chi connectivity index (χ0v) is 16.0. The first-order valence-corrected chi connectivity index (χ1v) is 8.70. The average Bonchev–Trinajstić information content (AvgIpc) is 2.60. The number of aryl methyl sites for hydroxylation is 4. The highest BCUT2D eigenvalue weighted by Crippen LogP contribution is 2.23. The maximum atomic E-state index is 13.4. The van der Waals surface area contributed by atoms with Gasteiger partial charge in [0.25, 0.3) is 5.91 Å². The number of anilines is 3. The Labute approximate surface area is 161 Å². The van der Waals surface area contributed by atoms with Gasteiger partial charge in [0.15, 0.2) is 11.6 Å². The normalized spacial score (nSPS) is 10.6. The molecule has 0 aliphatic carbocycles. The van der Waals surface area contributed by atoms with Gasteiger partial charge in [-0.15, -0.1) is 0 Å². The molecule has 1 aromatic heterocycles. The highest BCUT2D eigenvalue weighted by molar-refractivity contribution is 6.04. The molecule has 0 unspecified atom stereocenters. The number of hydrogen-bond donors (Lipinski definition) is 2.